The van der Waals surface area contributed by atoms with Crippen LogP contribution < -0.4 is 5.32 Å². The van der Waals surface area contributed by atoms with Gasteiger partial charge in [-0.2, -0.15) is 0 Å². The van der Waals surface area contributed by atoms with Crippen LogP contribution in [0.25, 0.3) is 0 Å². The summed E-state index contributed by atoms with van der Waals surface area (Å²) in [5, 5.41) is 3.20. The van der Waals surface area contributed by atoms with Gasteiger partial charge in [-0.25, -0.2) is 0 Å². The smallest absolute Gasteiger partial charge is 0.322 e. The molecule has 1 N–H and O–H groups in total. The number of ether oxygens (including phenoxy) is 1. The quantitative estimate of drug-likeness (QED) is 0.653. The number of hydrogen-bond acceptors (Lipinski definition) is 5. The topological polar surface area (TPSA) is 44.8 Å². The molecule has 0 aliphatic carbocycles. The van der Waals surface area contributed by atoms with Gasteiger partial charge in [0.2, 0.25) is 0 Å². The van der Waals surface area contributed by atoms with E-state index < -0.39 is 0 Å². The number of esters is 1. The molecule has 1 rings (SSSR count). The zero-order valence-electron chi connectivity index (χ0n) is 11.2. The van der Waals surface area contributed by atoms with Crippen LogP contribution in [-0.2, 0) is 9.53 Å². The van der Waals surface area contributed by atoms with E-state index in [1.165, 1.54) is 0 Å². The fourth-order valence-corrected chi connectivity index (χ4v) is 1.86. The van der Waals surface area contributed by atoms with Gasteiger partial charge in [-0.05, 0) is 20.9 Å². The fourth-order valence-electron chi connectivity index (χ4n) is 1.86. The number of carbonyl (C=O) groups excluding carboxylic acids is 1. The second kappa shape index (κ2) is 7.63. The normalized spacial score (nSPS) is 20.2. The fraction of sp³-hybridized carbons (Fsp3) is 0.917. The summed E-state index contributed by atoms with van der Waals surface area (Å²) in [5.41, 5.74) is 0. The largest absolute Gasteiger partial charge is 0.465 e. The zero-order valence-corrected chi connectivity index (χ0v) is 11.2. The first-order chi connectivity index (χ1) is 8.13. The minimum atomic E-state index is -0.206. The Morgan fingerprint density at radius 1 is 1.35 bits per heavy atom. The summed E-state index contributed by atoms with van der Waals surface area (Å²) in [6.07, 6.45) is 0. The maximum absolute atomic E-state index is 11.4. The predicted molar refractivity (Wildman–Crippen MR) is 68.0 cm³/mol. The van der Waals surface area contributed by atoms with Gasteiger partial charge in [0.15, 0.2) is 0 Å². The van der Waals surface area contributed by atoms with Crippen LogP contribution in [0, 0.1) is 0 Å². The van der Waals surface area contributed by atoms with Crippen LogP contribution in [0.5, 0.6) is 0 Å². The molecule has 1 heterocycles. The molecule has 0 aromatic rings. The molecule has 0 radical (unpaired) electrons. The van der Waals surface area contributed by atoms with Gasteiger partial charge in [0.25, 0.3) is 0 Å². The molecule has 1 aliphatic heterocycles. The van der Waals surface area contributed by atoms with Crippen molar-refractivity contribution < 1.29 is 9.53 Å². The van der Waals surface area contributed by atoms with Crippen molar-refractivity contribution in [3.63, 3.8) is 0 Å². The molecule has 0 saturated carbocycles. The highest BCUT2D eigenvalue weighted by atomic mass is 16.5. The third kappa shape index (κ3) is 5.48. The number of carbonyl (C=O) groups is 1. The van der Waals surface area contributed by atoms with E-state index in [4.69, 9.17) is 4.74 Å². The Bertz CT molecular complexity index is 228. The molecular formula is C12H25N3O2. The monoisotopic (exact) mass is 243 g/mol. The van der Waals surface area contributed by atoms with Gasteiger partial charge in [0.05, 0.1) is 6.61 Å². The minimum absolute atomic E-state index is 0.161. The summed E-state index contributed by atoms with van der Waals surface area (Å²) in [4.78, 5) is 16.1. The lowest BCUT2D eigenvalue weighted by molar-refractivity contribution is -0.145. The van der Waals surface area contributed by atoms with E-state index >= 15 is 0 Å². The van der Waals surface area contributed by atoms with Crippen molar-refractivity contribution in [3.8, 4) is 0 Å². The van der Waals surface area contributed by atoms with Crippen LogP contribution in [0.4, 0.5) is 0 Å². The van der Waals surface area contributed by atoms with Gasteiger partial charge >= 0.3 is 5.97 Å². The predicted octanol–water partition coefficient (Wildman–Crippen LogP) is -0.225. The number of nitrogens with one attached hydrogen (secondary N) is 1. The summed E-state index contributed by atoms with van der Waals surface area (Å²) < 4.78 is 4.94. The number of nitrogens with zero attached hydrogens (tertiary/aromatic N) is 2. The molecule has 0 bridgehead atoms. The number of hydrogen-bond donors (Lipinski definition) is 1. The Hall–Kier alpha value is -0.650. The van der Waals surface area contributed by atoms with Gasteiger partial charge in [0.1, 0.15) is 6.04 Å². The lowest BCUT2D eigenvalue weighted by atomic mass is 10.3. The van der Waals surface area contributed by atoms with Crippen molar-refractivity contribution in [2.75, 3.05) is 52.9 Å². The molecule has 17 heavy (non-hydrogen) atoms. The Balaban J connectivity index is 2.09. The first-order valence-electron chi connectivity index (χ1n) is 6.44. The lowest BCUT2D eigenvalue weighted by Crippen LogP contribution is -2.47. The van der Waals surface area contributed by atoms with Crippen LogP contribution in [0.2, 0.25) is 0 Å². The third-order valence-corrected chi connectivity index (χ3v) is 3.11. The minimum Gasteiger partial charge on any atom is -0.465 e. The van der Waals surface area contributed by atoms with E-state index in [1.807, 2.05) is 13.8 Å². The van der Waals surface area contributed by atoms with Gasteiger partial charge in [-0.15, -0.1) is 0 Å². The second-order valence-corrected chi connectivity index (χ2v) is 4.57. The van der Waals surface area contributed by atoms with E-state index in [9.17, 15) is 4.79 Å². The molecule has 100 valence electrons. The van der Waals surface area contributed by atoms with E-state index in [1.54, 1.807) is 0 Å². The van der Waals surface area contributed by atoms with Crippen molar-refractivity contribution in [2.45, 2.75) is 19.9 Å². The second-order valence-electron chi connectivity index (χ2n) is 4.57. The maximum Gasteiger partial charge on any atom is 0.322 e. The summed E-state index contributed by atoms with van der Waals surface area (Å²) >= 11 is 0. The highest BCUT2D eigenvalue weighted by Gasteiger charge is 2.15. The van der Waals surface area contributed by atoms with Gasteiger partial charge in [0, 0.05) is 39.3 Å². The van der Waals surface area contributed by atoms with Crippen molar-refractivity contribution >= 4 is 5.97 Å². The van der Waals surface area contributed by atoms with Gasteiger partial charge in [-0.3, -0.25) is 9.69 Å². The highest BCUT2D eigenvalue weighted by molar-refractivity contribution is 5.75. The molecule has 1 saturated heterocycles. The molecule has 1 atom stereocenters. The van der Waals surface area contributed by atoms with Crippen LogP contribution in [0.3, 0.4) is 0 Å². The average molecular weight is 243 g/mol. The van der Waals surface area contributed by atoms with Crippen LogP contribution in [-0.4, -0.2) is 74.7 Å². The molecule has 0 spiro atoms. The van der Waals surface area contributed by atoms with E-state index in [2.05, 4.69) is 22.2 Å². The Labute approximate surface area is 104 Å². The highest BCUT2D eigenvalue weighted by Crippen LogP contribution is 1.97. The Morgan fingerprint density at radius 2 is 2.00 bits per heavy atom. The summed E-state index contributed by atoms with van der Waals surface area (Å²) in [6.45, 7) is 10.5. The summed E-state index contributed by atoms with van der Waals surface area (Å²) in [6, 6.07) is -0.206. The molecular weight excluding hydrogens is 218 g/mol. The van der Waals surface area contributed by atoms with Crippen molar-refractivity contribution in [1.82, 2.24) is 15.1 Å². The van der Waals surface area contributed by atoms with Gasteiger partial charge in [-0.1, -0.05) is 0 Å². The molecule has 1 unspecified atom stereocenters. The van der Waals surface area contributed by atoms with E-state index in [0.29, 0.717) is 6.61 Å². The molecule has 0 aromatic heterocycles. The van der Waals surface area contributed by atoms with E-state index in [-0.39, 0.29) is 12.0 Å². The van der Waals surface area contributed by atoms with Crippen LogP contribution in [0.1, 0.15) is 13.8 Å². The molecule has 5 nitrogen and oxygen atoms in total. The number of piperazine rings is 1. The summed E-state index contributed by atoms with van der Waals surface area (Å²) in [5.74, 6) is -0.161. The average Bonchev–Trinajstić information content (AvgIpc) is 2.32. The molecule has 1 fully saturated rings. The van der Waals surface area contributed by atoms with Crippen molar-refractivity contribution in [2.24, 2.45) is 0 Å². The van der Waals surface area contributed by atoms with Gasteiger partial charge < -0.3 is 15.0 Å². The standard InChI is InChI=1S/C12H25N3O2/c1-4-17-12(16)11(2)13-5-6-15-9-7-14(3)8-10-15/h11,13H,4-10H2,1-3H3. The SMILES string of the molecule is CCOC(=O)C(C)NCCN1CCN(C)CC1. The van der Waals surface area contributed by atoms with Crippen LogP contribution in [0.15, 0.2) is 0 Å². The molecule has 1 aliphatic rings. The first kappa shape index (κ1) is 14.4. The summed E-state index contributed by atoms with van der Waals surface area (Å²) in [7, 11) is 2.15. The first-order valence-corrected chi connectivity index (χ1v) is 6.44. The third-order valence-electron chi connectivity index (χ3n) is 3.11. The Kier molecular flexibility index (Phi) is 6.47. The number of rotatable bonds is 6. The number of likely N-dealkylation sites (N-methyl/N-ethyl adjacent to an activating group) is 1. The molecule has 0 aromatic carbocycles. The van der Waals surface area contributed by atoms with Crippen LogP contribution >= 0.6 is 0 Å². The van der Waals surface area contributed by atoms with Crippen molar-refractivity contribution in [1.29, 1.82) is 0 Å². The van der Waals surface area contributed by atoms with E-state index in [0.717, 1.165) is 39.3 Å². The zero-order chi connectivity index (χ0) is 12.7. The maximum atomic E-state index is 11.4. The molecule has 0 amide bonds. The molecule has 5 heteroatoms. The van der Waals surface area contributed by atoms with Crippen molar-refractivity contribution in [3.05, 3.63) is 0 Å². The lowest BCUT2D eigenvalue weighted by Gasteiger charge is -2.32. The Morgan fingerprint density at radius 3 is 2.59 bits per heavy atom.